The molecule has 2 aliphatic heterocycles. The van der Waals surface area contributed by atoms with Crippen LogP contribution in [0, 0.1) is 0 Å². The van der Waals surface area contributed by atoms with Gasteiger partial charge in [-0.15, -0.1) is 0 Å². The summed E-state index contributed by atoms with van der Waals surface area (Å²) in [7, 11) is -1.31. The predicted molar refractivity (Wildman–Crippen MR) is 117 cm³/mol. The quantitative estimate of drug-likeness (QED) is 0.594. The molecule has 4 rings (SSSR count). The topological polar surface area (TPSA) is 112 Å². The Hall–Kier alpha value is -3.15. The summed E-state index contributed by atoms with van der Waals surface area (Å²) in [6.45, 7) is 0.919. The van der Waals surface area contributed by atoms with Crippen LogP contribution in [0.4, 0.5) is 5.69 Å². The average Bonchev–Trinajstić information content (AvgIpc) is 2.87. The Kier molecular flexibility index (Phi) is 6.54. The van der Waals surface area contributed by atoms with E-state index in [9.17, 15) is 18.0 Å². The molecule has 33 heavy (non-hydrogen) atoms. The second kappa shape index (κ2) is 9.38. The van der Waals surface area contributed by atoms with E-state index in [-0.39, 0.29) is 35.8 Å². The van der Waals surface area contributed by atoms with E-state index in [0.29, 0.717) is 24.7 Å². The van der Waals surface area contributed by atoms with E-state index in [2.05, 4.69) is 0 Å². The highest BCUT2D eigenvalue weighted by atomic mass is 32.2. The summed E-state index contributed by atoms with van der Waals surface area (Å²) in [5.41, 5.74) is 0.596. The minimum atomic E-state index is -3.92. The molecule has 1 saturated heterocycles. The first-order valence-electron chi connectivity index (χ1n) is 10.3. The van der Waals surface area contributed by atoms with Gasteiger partial charge in [-0.05, 0) is 30.3 Å². The maximum Gasteiger partial charge on any atom is 0.348 e. The molecule has 0 aromatic heterocycles. The van der Waals surface area contributed by atoms with E-state index in [1.165, 1.54) is 41.6 Å². The van der Waals surface area contributed by atoms with E-state index < -0.39 is 28.0 Å². The van der Waals surface area contributed by atoms with Crippen LogP contribution in [-0.2, 0) is 24.3 Å². The molecule has 1 atom stereocenters. The molecule has 11 heteroatoms. The highest BCUT2D eigenvalue weighted by molar-refractivity contribution is 7.89. The van der Waals surface area contributed by atoms with Gasteiger partial charge in [0, 0.05) is 18.7 Å². The van der Waals surface area contributed by atoms with Gasteiger partial charge in [-0.2, -0.15) is 4.31 Å². The van der Waals surface area contributed by atoms with Gasteiger partial charge >= 0.3 is 5.97 Å². The first-order valence-corrected chi connectivity index (χ1v) is 11.7. The molecule has 2 aromatic rings. The minimum absolute atomic E-state index is 0.0832. The van der Waals surface area contributed by atoms with Crippen molar-refractivity contribution in [2.75, 3.05) is 52.0 Å². The van der Waals surface area contributed by atoms with Crippen molar-refractivity contribution in [3.05, 3.63) is 48.0 Å². The fourth-order valence-corrected chi connectivity index (χ4v) is 5.36. The van der Waals surface area contributed by atoms with Crippen molar-refractivity contribution >= 4 is 27.6 Å². The molecule has 1 fully saturated rings. The number of hydrogen-bond donors (Lipinski definition) is 0. The molecule has 2 heterocycles. The summed E-state index contributed by atoms with van der Waals surface area (Å²) in [6, 6.07) is 11.0. The van der Waals surface area contributed by atoms with Crippen molar-refractivity contribution in [1.29, 1.82) is 0 Å². The second-order valence-corrected chi connectivity index (χ2v) is 9.30. The van der Waals surface area contributed by atoms with E-state index in [0.717, 1.165) is 0 Å². The molecule has 0 aliphatic carbocycles. The first-order chi connectivity index (χ1) is 15.9. The van der Waals surface area contributed by atoms with Gasteiger partial charge < -0.3 is 23.8 Å². The summed E-state index contributed by atoms with van der Waals surface area (Å²) < 4.78 is 48.9. The summed E-state index contributed by atoms with van der Waals surface area (Å²) in [5, 5.41) is 0. The Morgan fingerprint density at radius 2 is 1.79 bits per heavy atom. The fourth-order valence-electron chi connectivity index (χ4n) is 3.77. The van der Waals surface area contributed by atoms with Gasteiger partial charge in [-0.1, -0.05) is 12.1 Å². The van der Waals surface area contributed by atoms with Gasteiger partial charge in [0.25, 0.3) is 5.91 Å². The number of ether oxygens (including phenoxy) is 4. The average molecular weight is 477 g/mol. The van der Waals surface area contributed by atoms with Crippen LogP contribution in [-0.4, -0.2) is 77.8 Å². The van der Waals surface area contributed by atoms with Crippen molar-refractivity contribution in [3.63, 3.8) is 0 Å². The lowest BCUT2D eigenvalue weighted by atomic mass is 10.1. The molecule has 0 bridgehead atoms. The summed E-state index contributed by atoms with van der Waals surface area (Å²) in [5.74, 6) is -0.622. The maximum absolute atomic E-state index is 13.5. The number of nitrogens with zero attached hydrogens (tertiary/aromatic N) is 2. The molecule has 0 spiro atoms. The van der Waals surface area contributed by atoms with Gasteiger partial charge in [-0.25, -0.2) is 13.2 Å². The lowest BCUT2D eigenvalue weighted by Gasteiger charge is -2.33. The van der Waals surface area contributed by atoms with Crippen LogP contribution in [0.2, 0.25) is 0 Å². The third-order valence-electron chi connectivity index (χ3n) is 5.48. The van der Waals surface area contributed by atoms with Gasteiger partial charge in [0.1, 0.15) is 16.4 Å². The van der Waals surface area contributed by atoms with Gasteiger partial charge in [0.05, 0.1) is 39.7 Å². The summed E-state index contributed by atoms with van der Waals surface area (Å²) in [4.78, 5) is 26.9. The third-order valence-corrected chi connectivity index (χ3v) is 7.40. The molecule has 1 amide bonds. The van der Waals surface area contributed by atoms with Crippen LogP contribution in [0.25, 0.3) is 0 Å². The zero-order valence-electron chi connectivity index (χ0n) is 18.2. The second-order valence-electron chi connectivity index (χ2n) is 7.40. The lowest BCUT2D eigenvalue weighted by Crippen LogP contribution is -2.47. The van der Waals surface area contributed by atoms with E-state index in [4.69, 9.17) is 18.9 Å². The minimum Gasteiger partial charge on any atom is -0.495 e. The van der Waals surface area contributed by atoms with Crippen molar-refractivity contribution in [3.8, 4) is 11.5 Å². The Morgan fingerprint density at radius 1 is 1.06 bits per heavy atom. The van der Waals surface area contributed by atoms with Gasteiger partial charge in [0.15, 0.2) is 0 Å². The number of rotatable bonds is 5. The van der Waals surface area contributed by atoms with Crippen LogP contribution in [0.1, 0.15) is 10.4 Å². The number of carbonyl (C=O) groups is 2. The van der Waals surface area contributed by atoms with E-state index in [1.54, 1.807) is 24.3 Å². The number of benzene rings is 2. The Morgan fingerprint density at radius 3 is 2.48 bits per heavy atom. The van der Waals surface area contributed by atoms with Crippen molar-refractivity contribution in [2.24, 2.45) is 0 Å². The Bertz CT molecular complexity index is 1160. The third kappa shape index (κ3) is 4.39. The molecule has 2 aliphatic rings. The van der Waals surface area contributed by atoms with Gasteiger partial charge in [0.2, 0.25) is 16.1 Å². The summed E-state index contributed by atoms with van der Waals surface area (Å²) in [6.07, 6.45) is -1.01. The monoisotopic (exact) mass is 476 g/mol. The number of carbonyl (C=O) groups excluding carboxylic acids is 2. The van der Waals surface area contributed by atoms with Crippen molar-refractivity contribution in [2.45, 2.75) is 11.0 Å². The number of methoxy groups -OCH3 is 2. The van der Waals surface area contributed by atoms with Crippen LogP contribution in [0.15, 0.2) is 47.4 Å². The van der Waals surface area contributed by atoms with Crippen molar-refractivity contribution < 1.29 is 37.0 Å². The predicted octanol–water partition coefficient (Wildman–Crippen LogP) is 1.30. The molecular formula is C22H24N2O8S. The van der Waals surface area contributed by atoms with Crippen LogP contribution in [0.3, 0.4) is 0 Å². The van der Waals surface area contributed by atoms with Crippen LogP contribution in [0.5, 0.6) is 11.5 Å². The molecule has 10 nitrogen and oxygen atoms in total. The SMILES string of the molecule is COC(=O)C1CN(C(=O)c2ccc(OC)c(S(=O)(=O)N3CCOCC3)c2)c2ccccc2O1. The molecular weight excluding hydrogens is 452 g/mol. The van der Waals surface area contributed by atoms with E-state index in [1.807, 2.05) is 0 Å². The fraction of sp³-hybridized carbons (Fsp3) is 0.364. The summed E-state index contributed by atoms with van der Waals surface area (Å²) >= 11 is 0. The van der Waals surface area contributed by atoms with Gasteiger partial charge in [-0.3, -0.25) is 4.79 Å². The van der Waals surface area contributed by atoms with E-state index >= 15 is 0 Å². The number of esters is 1. The lowest BCUT2D eigenvalue weighted by molar-refractivity contribution is -0.148. The molecule has 0 radical (unpaired) electrons. The maximum atomic E-state index is 13.5. The Balaban J connectivity index is 1.73. The number of morpholine rings is 1. The molecule has 2 aromatic carbocycles. The first kappa shape index (κ1) is 23.0. The molecule has 176 valence electrons. The normalized spacial score (nSPS) is 18.7. The number of fused-ring (bicyclic) bond motifs is 1. The highest BCUT2D eigenvalue weighted by Gasteiger charge is 2.36. The number of sulfonamides is 1. The largest absolute Gasteiger partial charge is 0.495 e. The number of anilines is 1. The highest BCUT2D eigenvalue weighted by Crippen LogP contribution is 2.35. The smallest absolute Gasteiger partial charge is 0.348 e. The molecule has 0 saturated carbocycles. The Labute approximate surface area is 191 Å². The number of para-hydroxylation sites is 2. The molecule has 0 N–H and O–H groups in total. The molecule has 1 unspecified atom stereocenters. The number of hydrogen-bond acceptors (Lipinski definition) is 8. The van der Waals surface area contributed by atoms with Crippen LogP contribution >= 0.6 is 0 Å². The standard InChI is InChI=1S/C22H24N2O8S/c1-29-18-8-7-15(13-20(18)33(27,28)23-9-11-31-12-10-23)21(25)24-14-19(22(26)30-2)32-17-6-4-3-5-16(17)24/h3-8,13,19H,9-12,14H2,1-2H3. The zero-order chi connectivity index (χ0) is 23.6. The van der Waals surface area contributed by atoms with Crippen molar-refractivity contribution in [1.82, 2.24) is 4.31 Å². The van der Waals surface area contributed by atoms with Crippen LogP contribution < -0.4 is 14.4 Å². The zero-order valence-corrected chi connectivity index (χ0v) is 19.0. The number of amides is 1.